The molecule has 1 saturated heterocycles. The van der Waals surface area contributed by atoms with E-state index in [9.17, 15) is 13.2 Å². The number of amides is 2. The number of rotatable bonds is 3. The van der Waals surface area contributed by atoms with Gasteiger partial charge in [0.05, 0.1) is 18.1 Å². The molecule has 0 atom stereocenters. The first-order chi connectivity index (χ1) is 11.4. The fraction of sp³-hybridized carbons (Fsp3) is 0.400. The fourth-order valence-electron chi connectivity index (χ4n) is 2.33. The van der Waals surface area contributed by atoms with Crippen LogP contribution in [0.1, 0.15) is 11.5 Å². The van der Waals surface area contributed by atoms with Gasteiger partial charge in [0.1, 0.15) is 0 Å². The Kier molecular flexibility index (Phi) is 4.52. The van der Waals surface area contributed by atoms with Gasteiger partial charge in [-0.3, -0.25) is 0 Å². The van der Waals surface area contributed by atoms with Gasteiger partial charge in [0.2, 0.25) is 11.7 Å². The van der Waals surface area contributed by atoms with Crippen LogP contribution in [0.5, 0.6) is 0 Å². The Labute approximate surface area is 139 Å². The molecule has 128 valence electrons. The number of hydrogen-bond donors (Lipinski definition) is 1. The quantitative estimate of drug-likeness (QED) is 0.885. The first kappa shape index (κ1) is 16.4. The maximum absolute atomic E-state index is 12.0. The van der Waals surface area contributed by atoms with Crippen LogP contribution in [0.3, 0.4) is 0 Å². The predicted molar refractivity (Wildman–Crippen MR) is 86.9 cm³/mol. The Morgan fingerprint density at radius 3 is 2.58 bits per heavy atom. The first-order valence-corrected chi connectivity index (χ1v) is 9.38. The molecule has 1 N–H and O–H groups in total. The third-order valence-electron chi connectivity index (χ3n) is 3.80. The monoisotopic (exact) mass is 350 g/mol. The fourth-order valence-corrected chi connectivity index (χ4v) is 3.53. The molecule has 1 aliphatic heterocycles. The summed E-state index contributed by atoms with van der Waals surface area (Å²) in [5.41, 5.74) is 1.97. The Balaban J connectivity index is 1.56. The molecule has 9 heteroatoms. The lowest BCUT2D eigenvalue weighted by Gasteiger charge is -2.26. The molecule has 2 heterocycles. The number of benzene rings is 1. The third kappa shape index (κ3) is 3.91. The van der Waals surface area contributed by atoms with Crippen LogP contribution >= 0.6 is 0 Å². The van der Waals surface area contributed by atoms with E-state index < -0.39 is 9.84 Å². The van der Waals surface area contributed by atoms with Crippen LogP contribution in [0.4, 0.5) is 4.79 Å². The lowest BCUT2D eigenvalue weighted by molar-refractivity contribution is 0.200. The molecule has 0 saturated carbocycles. The average Bonchev–Trinajstić information content (AvgIpc) is 3.02. The lowest BCUT2D eigenvalue weighted by Crippen LogP contribution is -2.48. The zero-order valence-electron chi connectivity index (χ0n) is 13.2. The minimum absolute atomic E-state index is 0.00144. The molecule has 2 aromatic rings. The number of hydrogen-bond acceptors (Lipinski definition) is 6. The van der Waals surface area contributed by atoms with E-state index in [4.69, 9.17) is 4.52 Å². The SMILES string of the molecule is Cc1ccc(-c2noc(CNC(=O)N3CCS(=O)(=O)CC3)n2)cc1. The second-order valence-corrected chi connectivity index (χ2v) is 7.98. The Morgan fingerprint density at radius 1 is 1.25 bits per heavy atom. The summed E-state index contributed by atoms with van der Waals surface area (Å²) in [6.07, 6.45) is 0. The number of carbonyl (C=O) groups excluding carboxylic acids is 1. The lowest BCUT2D eigenvalue weighted by atomic mass is 10.1. The Hall–Kier alpha value is -2.42. The zero-order chi connectivity index (χ0) is 17.2. The molecule has 0 bridgehead atoms. The molecular weight excluding hydrogens is 332 g/mol. The molecule has 1 aromatic carbocycles. The maximum atomic E-state index is 12.0. The first-order valence-electron chi connectivity index (χ1n) is 7.56. The van der Waals surface area contributed by atoms with Crippen molar-refractivity contribution in [3.05, 3.63) is 35.7 Å². The van der Waals surface area contributed by atoms with Gasteiger partial charge in [-0.1, -0.05) is 35.0 Å². The average molecular weight is 350 g/mol. The van der Waals surface area contributed by atoms with Gasteiger partial charge in [-0.2, -0.15) is 4.98 Å². The van der Waals surface area contributed by atoms with Crippen molar-refractivity contribution in [3.63, 3.8) is 0 Å². The van der Waals surface area contributed by atoms with Crippen LogP contribution in [0, 0.1) is 6.92 Å². The number of urea groups is 1. The smallest absolute Gasteiger partial charge is 0.317 e. The molecule has 2 amide bonds. The molecule has 0 spiro atoms. The number of sulfone groups is 1. The van der Waals surface area contributed by atoms with Crippen molar-refractivity contribution in [2.24, 2.45) is 0 Å². The highest BCUT2D eigenvalue weighted by Crippen LogP contribution is 2.16. The molecule has 8 nitrogen and oxygen atoms in total. The summed E-state index contributed by atoms with van der Waals surface area (Å²) in [6.45, 7) is 2.49. The molecular formula is C15H18N4O4S. The van der Waals surface area contributed by atoms with Crippen molar-refractivity contribution in [3.8, 4) is 11.4 Å². The normalized spacial score (nSPS) is 16.8. The summed E-state index contributed by atoms with van der Waals surface area (Å²) in [5, 5.41) is 6.56. The second kappa shape index (κ2) is 6.60. The van der Waals surface area contributed by atoms with Crippen molar-refractivity contribution in [1.82, 2.24) is 20.4 Å². The van der Waals surface area contributed by atoms with Gasteiger partial charge in [0.15, 0.2) is 9.84 Å². The predicted octanol–water partition coefficient (Wildman–Crippen LogP) is 0.985. The van der Waals surface area contributed by atoms with Crippen LogP contribution in [-0.2, 0) is 16.4 Å². The number of aromatic nitrogens is 2. The van der Waals surface area contributed by atoms with E-state index in [-0.39, 0.29) is 37.2 Å². The molecule has 0 aliphatic carbocycles. The molecule has 0 radical (unpaired) electrons. The highest BCUT2D eigenvalue weighted by atomic mass is 32.2. The second-order valence-electron chi connectivity index (χ2n) is 5.68. The third-order valence-corrected chi connectivity index (χ3v) is 5.41. The Morgan fingerprint density at radius 2 is 1.92 bits per heavy atom. The van der Waals surface area contributed by atoms with Gasteiger partial charge in [0.25, 0.3) is 0 Å². The molecule has 1 aliphatic rings. The summed E-state index contributed by atoms with van der Waals surface area (Å²) in [5.74, 6) is 0.753. The van der Waals surface area contributed by atoms with Gasteiger partial charge in [-0.05, 0) is 6.92 Å². The summed E-state index contributed by atoms with van der Waals surface area (Å²) >= 11 is 0. The van der Waals surface area contributed by atoms with Crippen molar-refractivity contribution in [2.45, 2.75) is 13.5 Å². The summed E-state index contributed by atoms with van der Waals surface area (Å²) in [4.78, 5) is 17.7. The summed E-state index contributed by atoms with van der Waals surface area (Å²) in [6, 6.07) is 7.38. The maximum Gasteiger partial charge on any atom is 0.317 e. The van der Waals surface area contributed by atoms with Crippen LogP contribution in [-0.4, -0.2) is 54.1 Å². The number of carbonyl (C=O) groups is 1. The van der Waals surface area contributed by atoms with Crippen molar-refractivity contribution in [2.75, 3.05) is 24.6 Å². The standard InChI is InChI=1S/C15H18N4O4S/c1-11-2-4-12(5-3-11)14-17-13(23-18-14)10-16-15(20)19-6-8-24(21,22)9-7-19/h2-5H,6-10H2,1H3,(H,16,20). The van der Waals surface area contributed by atoms with E-state index in [1.807, 2.05) is 31.2 Å². The molecule has 1 aromatic heterocycles. The van der Waals surface area contributed by atoms with Crippen LogP contribution in [0.25, 0.3) is 11.4 Å². The van der Waals surface area contributed by atoms with Gasteiger partial charge < -0.3 is 14.7 Å². The highest BCUT2D eigenvalue weighted by molar-refractivity contribution is 7.91. The molecule has 3 rings (SSSR count). The van der Waals surface area contributed by atoms with Crippen molar-refractivity contribution >= 4 is 15.9 Å². The van der Waals surface area contributed by atoms with Crippen LogP contribution < -0.4 is 5.32 Å². The van der Waals surface area contributed by atoms with E-state index >= 15 is 0 Å². The summed E-state index contributed by atoms with van der Waals surface area (Å²) in [7, 11) is -3.01. The Bertz CT molecular complexity index is 815. The minimum Gasteiger partial charge on any atom is -0.337 e. The van der Waals surface area contributed by atoms with Crippen LogP contribution in [0.15, 0.2) is 28.8 Å². The molecule has 24 heavy (non-hydrogen) atoms. The van der Waals surface area contributed by atoms with Crippen molar-refractivity contribution < 1.29 is 17.7 Å². The van der Waals surface area contributed by atoms with E-state index in [0.29, 0.717) is 11.7 Å². The summed E-state index contributed by atoms with van der Waals surface area (Å²) < 4.78 is 27.9. The van der Waals surface area contributed by atoms with Crippen molar-refractivity contribution in [1.29, 1.82) is 0 Å². The van der Waals surface area contributed by atoms with E-state index in [0.717, 1.165) is 11.1 Å². The highest BCUT2D eigenvalue weighted by Gasteiger charge is 2.25. The molecule has 1 fully saturated rings. The van der Waals surface area contributed by atoms with E-state index in [1.54, 1.807) is 0 Å². The number of aryl methyl sites for hydroxylation is 1. The van der Waals surface area contributed by atoms with Gasteiger partial charge in [-0.25, -0.2) is 13.2 Å². The van der Waals surface area contributed by atoms with E-state index in [2.05, 4.69) is 15.5 Å². The number of nitrogens with zero attached hydrogens (tertiary/aromatic N) is 3. The van der Waals surface area contributed by atoms with Gasteiger partial charge in [0, 0.05) is 18.7 Å². The van der Waals surface area contributed by atoms with Crippen LogP contribution in [0.2, 0.25) is 0 Å². The largest absolute Gasteiger partial charge is 0.337 e. The van der Waals surface area contributed by atoms with Gasteiger partial charge >= 0.3 is 6.03 Å². The minimum atomic E-state index is -3.01. The zero-order valence-corrected chi connectivity index (χ0v) is 14.0. The topological polar surface area (TPSA) is 105 Å². The number of nitrogens with one attached hydrogen (secondary N) is 1. The van der Waals surface area contributed by atoms with Gasteiger partial charge in [-0.15, -0.1) is 0 Å². The molecule has 0 unspecified atom stereocenters. The van der Waals surface area contributed by atoms with E-state index in [1.165, 1.54) is 4.90 Å².